The highest BCUT2D eigenvalue weighted by Crippen LogP contribution is 2.48. The zero-order valence-corrected chi connectivity index (χ0v) is 11.1. The van der Waals surface area contributed by atoms with E-state index in [-0.39, 0.29) is 17.2 Å². The van der Waals surface area contributed by atoms with Crippen molar-refractivity contribution in [3.8, 4) is 0 Å². The molecule has 0 spiro atoms. The van der Waals surface area contributed by atoms with Crippen LogP contribution in [-0.4, -0.2) is 41.5 Å². The van der Waals surface area contributed by atoms with Crippen LogP contribution < -0.4 is 5.73 Å². The molecule has 1 aliphatic carbocycles. The van der Waals surface area contributed by atoms with E-state index in [1.54, 1.807) is 4.90 Å². The van der Waals surface area contributed by atoms with E-state index >= 15 is 0 Å². The van der Waals surface area contributed by atoms with Crippen LogP contribution >= 0.6 is 0 Å². The fourth-order valence-corrected chi connectivity index (χ4v) is 2.89. The molecule has 2 aliphatic rings. The molecule has 2 rings (SSSR count). The van der Waals surface area contributed by atoms with Crippen LogP contribution in [-0.2, 0) is 9.59 Å². The lowest BCUT2D eigenvalue weighted by atomic mass is 9.76. The third-order valence-electron chi connectivity index (χ3n) is 4.82. The largest absolute Gasteiger partial charge is 0.481 e. The molecular weight excluding hydrogens is 232 g/mol. The molecule has 1 saturated heterocycles. The van der Waals surface area contributed by atoms with Crippen LogP contribution in [0.15, 0.2) is 0 Å². The first-order chi connectivity index (χ1) is 8.38. The van der Waals surface area contributed by atoms with Gasteiger partial charge in [0.2, 0.25) is 5.91 Å². The van der Waals surface area contributed by atoms with E-state index in [4.69, 9.17) is 5.73 Å². The van der Waals surface area contributed by atoms with E-state index in [2.05, 4.69) is 0 Å². The smallest absolute Gasteiger partial charge is 0.311 e. The van der Waals surface area contributed by atoms with Gasteiger partial charge in [0, 0.05) is 19.6 Å². The van der Waals surface area contributed by atoms with Gasteiger partial charge in [0.05, 0.1) is 10.8 Å². The maximum atomic E-state index is 12.3. The number of hydrogen-bond donors (Lipinski definition) is 2. The molecule has 1 heterocycles. The monoisotopic (exact) mass is 254 g/mol. The number of carbonyl (C=O) groups excluding carboxylic acids is 1. The Bertz CT molecular complexity index is 376. The van der Waals surface area contributed by atoms with Crippen LogP contribution in [0.5, 0.6) is 0 Å². The number of carboxylic acids is 1. The number of nitrogens with two attached hydrogens (primary N) is 1. The van der Waals surface area contributed by atoms with Gasteiger partial charge in [-0.3, -0.25) is 9.59 Å². The summed E-state index contributed by atoms with van der Waals surface area (Å²) in [6.45, 7) is 5.09. The molecule has 1 saturated carbocycles. The van der Waals surface area contributed by atoms with Crippen LogP contribution in [0.1, 0.15) is 33.1 Å². The first-order valence-corrected chi connectivity index (χ1v) is 6.61. The Kier molecular flexibility index (Phi) is 3.13. The minimum absolute atomic E-state index is 0.0285. The number of aliphatic carboxylic acids is 1. The zero-order valence-electron chi connectivity index (χ0n) is 11.1. The van der Waals surface area contributed by atoms with Crippen molar-refractivity contribution in [1.82, 2.24) is 4.90 Å². The minimum Gasteiger partial charge on any atom is -0.481 e. The second-order valence-electron chi connectivity index (χ2n) is 6.08. The van der Waals surface area contributed by atoms with Crippen LogP contribution in [0, 0.1) is 16.7 Å². The fourth-order valence-electron chi connectivity index (χ4n) is 2.89. The van der Waals surface area contributed by atoms with Gasteiger partial charge >= 0.3 is 5.97 Å². The van der Waals surface area contributed by atoms with E-state index < -0.39 is 11.4 Å². The molecule has 1 unspecified atom stereocenters. The molecule has 3 N–H and O–H groups in total. The quantitative estimate of drug-likeness (QED) is 0.773. The average molecular weight is 254 g/mol. The van der Waals surface area contributed by atoms with Gasteiger partial charge in [-0.2, -0.15) is 0 Å². The zero-order chi connectivity index (χ0) is 13.6. The molecule has 5 heteroatoms. The van der Waals surface area contributed by atoms with Gasteiger partial charge in [0.25, 0.3) is 0 Å². The topological polar surface area (TPSA) is 83.6 Å². The number of likely N-dealkylation sites (tertiary alicyclic amines) is 1. The van der Waals surface area contributed by atoms with Gasteiger partial charge in [-0.05, 0) is 25.2 Å². The summed E-state index contributed by atoms with van der Waals surface area (Å²) in [5, 5.41) is 9.45. The first kappa shape index (κ1) is 13.3. The summed E-state index contributed by atoms with van der Waals surface area (Å²) in [6, 6.07) is 0. The summed E-state index contributed by atoms with van der Waals surface area (Å²) in [4.78, 5) is 25.6. The summed E-state index contributed by atoms with van der Waals surface area (Å²) in [6.07, 6.45) is 2.24. The molecule has 0 aromatic heterocycles. The second-order valence-corrected chi connectivity index (χ2v) is 6.08. The predicted molar refractivity (Wildman–Crippen MR) is 66.8 cm³/mol. The molecule has 18 heavy (non-hydrogen) atoms. The Morgan fingerprint density at radius 1 is 1.33 bits per heavy atom. The van der Waals surface area contributed by atoms with Gasteiger partial charge in [-0.15, -0.1) is 0 Å². The summed E-state index contributed by atoms with van der Waals surface area (Å²) < 4.78 is 0. The molecule has 0 bridgehead atoms. The van der Waals surface area contributed by atoms with Crippen LogP contribution in [0.2, 0.25) is 0 Å². The number of carbonyl (C=O) groups is 2. The standard InChI is InChI=1S/C13H22N2O3/c1-9(2)13(11(17)18)5-6-15(8-13)10(16)12(7-14)3-4-12/h9H,3-8,14H2,1-2H3,(H,17,18). The fraction of sp³-hybridized carbons (Fsp3) is 0.846. The van der Waals surface area contributed by atoms with Gasteiger partial charge in [0.1, 0.15) is 0 Å². The molecule has 1 atom stereocenters. The Morgan fingerprint density at radius 3 is 2.28 bits per heavy atom. The first-order valence-electron chi connectivity index (χ1n) is 6.61. The number of hydrogen-bond acceptors (Lipinski definition) is 3. The lowest BCUT2D eigenvalue weighted by Crippen LogP contribution is -2.44. The Hall–Kier alpha value is -1.10. The Morgan fingerprint density at radius 2 is 1.94 bits per heavy atom. The van der Waals surface area contributed by atoms with Gasteiger partial charge < -0.3 is 15.7 Å². The molecule has 5 nitrogen and oxygen atoms in total. The Balaban J connectivity index is 2.12. The van der Waals surface area contributed by atoms with Gasteiger partial charge in [-0.25, -0.2) is 0 Å². The van der Waals surface area contributed by atoms with E-state index in [0.29, 0.717) is 26.1 Å². The molecule has 0 radical (unpaired) electrons. The van der Waals surface area contributed by atoms with Gasteiger partial charge in [0.15, 0.2) is 0 Å². The maximum absolute atomic E-state index is 12.3. The molecule has 1 amide bonds. The van der Waals surface area contributed by atoms with Crippen molar-refractivity contribution in [2.24, 2.45) is 22.5 Å². The molecule has 2 fully saturated rings. The molecule has 0 aromatic carbocycles. The van der Waals surface area contributed by atoms with Crippen molar-refractivity contribution in [2.75, 3.05) is 19.6 Å². The number of carboxylic acid groups (broad SMARTS) is 1. The molecule has 102 valence electrons. The van der Waals surface area contributed by atoms with Gasteiger partial charge in [-0.1, -0.05) is 13.8 Å². The minimum atomic E-state index is -0.787. The normalized spacial score (nSPS) is 29.7. The molecule has 0 aromatic rings. The third kappa shape index (κ3) is 1.81. The Labute approximate surface area is 107 Å². The van der Waals surface area contributed by atoms with Crippen molar-refractivity contribution in [1.29, 1.82) is 0 Å². The van der Waals surface area contributed by atoms with E-state index in [1.165, 1.54) is 0 Å². The maximum Gasteiger partial charge on any atom is 0.311 e. The second kappa shape index (κ2) is 4.23. The molecular formula is C13H22N2O3. The molecule has 1 aliphatic heterocycles. The predicted octanol–water partition coefficient (Wildman–Crippen LogP) is 0.685. The van der Waals surface area contributed by atoms with Crippen molar-refractivity contribution in [3.63, 3.8) is 0 Å². The summed E-state index contributed by atoms with van der Waals surface area (Å²) in [7, 11) is 0. The third-order valence-corrected chi connectivity index (χ3v) is 4.82. The summed E-state index contributed by atoms with van der Waals surface area (Å²) >= 11 is 0. The van der Waals surface area contributed by atoms with Crippen LogP contribution in [0.25, 0.3) is 0 Å². The van der Waals surface area contributed by atoms with Crippen LogP contribution in [0.3, 0.4) is 0 Å². The average Bonchev–Trinajstić information content (AvgIpc) is 2.98. The van der Waals surface area contributed by atoms with E-state index in [9.17, 15) is 14.7 Å². The highest BCUT2D eigenvalue weighted by atomic mass is 16.4. The van der Waals surface area contributed by atoms with Crippen molar-refractivity contribution in [2.45, 2.75) is 33.1 Å². The van der Waals surface area contributed by atoms with E-state index in [1.807, 2.05) is 13.8 Å². The highest BCUT2D eigenvalue weighted by molar-refractivity contribution is 5.87. The number of nitrogens with zero attached hydrogens (tertiary/aromatic N) is 1. The number of rotatable bonds is 4. The number of amides is 1. The SMILES string of the molecule is CC(C)C1(C(=O)O)CCN(C(=O)C2(CN)CC2)C1. The van der Waals surface area contributed by atoms with Crippen molar-refractivity contribution in [3.05, 3.63) is 0 Å². The van der Waals surface area contributed by atoms with E-state index in [0.717, 1.165) is 12.8 Å². The van der Waals surface area contributed by atoms with Crippen molar-refractivity contribution < 1.29 is 14.7 Å². The highest BCUT2D eigenvalue weighted by Gasteiger charge is 2.55. The van der Waals surface area contributed by atoms with Crippen molar-refractivity contribution >= 4 is 11.9 Å². The summed E-state index contributed by atoms with van der Waals surface area (Å²) in [5.41, 5.74) is 4.51. The van der Waals surface area contributed by atoms with Crippen LogP contribution in [0.4, 0.5) is 0 Å². The summed E-state index contributed by atoms with van der Waals surface area (Å²) in [5.74, 6) is -0.694. The lowest BCUT2D eigenvalue weighted by molar-refractivity contribution is -0.151. The lowest BCUT2D eigenvalue weighted by Gasteiger charge is -2.29.